The molecule has 2 fully saturated rings. The zero-order chi connectivity index (χ0) is 15.4. The molecule has 1 nitrogen and oxygen atoms in total. The Morgan fingerprint density at radius 1 is 1.13 bits per heavy atom. The number of hydrogen-bond acceptors (Lipinski definition) is 1. The van der Waals surface area contributed by atoms with Gasteiger partial charge in [0, 0.05) is 17.1 Å². The van der Waals surface area contributed by atoms with Crippen molar-refractivity contribution < 1.29 is 0 Å². The lowest BCUT2D eigenvalue weighted by atomic mass is 9.84. The van der Waals surface area contributed by atoms with Crippen molar-refractivity contribution in [2.45, 2.75) is 70.3 Å². The summed E-state index contributed by atoms with van der Waals surface area (Å²) in [6.07, 6.45) is 11.7. The molecule has 1 heterocycles. The van der Waals surface area contributed by atoms with Crippen molar-refractivity contribution >= 4 is 28.3 Å². The van der Waals surface area contributed by atoms with Crippen LogP contribution in [0, 0.1) is 5.92 Å². The predicted molar refractivity (Wildman–Crippen MR) is 106 cm³/mol. The van der Waals surface area contributed by atoms with Gasteiger partial charge in [-0.15, -0.1) is 12.4 Å². The Morgan fingerprint density at radius 3 is 2.65 bits per heavy atom. The first kappa shape index (κ1) is 19.3. The van der Waals surface area contributed by atoms with E-state index >= 15 is 0 Å². The SMILES string of the molecule is CC(CN1CCCC1CC1CCCCC1)c1cccc(Br)c1.Cl. The van der Waals surface area contributed by atoms with Crippen LogP contribution in [0.3, 0.4) is 0 Å². The van der Waals surface area contributed by atoms with Gasteiger partial charge in [0.15, 0.2) is 0 Å². The molecule has 0 radical (unpaired) electrons. The lowest BCUT2D eigenvalue weighted by Gasteiger charge is -2.31. The average molecular weight is 401 g/mol. The van der Waals surface area contributed by atoms with Crippen LogP contribution in [0.2, 0.25) is 0 Å². The highest BCUT2D eigenvalue weighted by molar-refractivity contribution is 9.10. The molecule has 1 aromatic carbocycles. The van der Waals surface area contributed by atoms with Gasteiger partial charge < -0.3 is 0 Å². The molecule has 1 aromatic rings. The van der Waals surface area contributed by atoms with E-state index in [4.69, 9.17) is 0 Å². The van der Waals surface area contributed by atoms with E-state index in [1.165, 1.54) is 74.5 Å². The van der Waals surface area contributed by atoms with E-state index in [1.54, 1.807) is 0 Å². The molecule has 1 aliphatic heterocycles. The highest BCUT2D eigenvalue weighted by Crippen LogP contribution is 2.33. The quantitative estimate of drug-likeness (QED) is 0.552. The number of nitrogens with zero attached hydrogens (tertiary/aromatic N) is 1. The Labute approximate surface area is 156 Å². The maximum atomic E-state index is 3.61. The Hall–Kier alpha value is -0.0500. The molecule has 0 bridgehead atoms. The van der Waals surface area contributed by atoms with Gasteiger partial charge in [-0.2, -0.15) is 0 Å². The van der Waals surface area contributed by atoms with Gasteiger partial charge in [-0.05, 0) is 55.3 Å². The van der Waals surface area contributed by atoms with Crippen LogP contribution in [0.25, 0.3) is 0 Å². The van der Waals surface area contributed by atoms with Crippen LogP contribution < -0.4 is 0 Å². The topological polar surface area (TPSA) is 3.24 Å². The Morgan fingerprint density at radius 2 is 1.91 bits per heavy atom. The fourth-order valence-electron chi connectivity index (χ4n) is 4.48. The van der Waals surface area contributed by atoms with Crippen LogP contribution in [0.5, 0.6) is 0 Å². The van der Waals surface area contributed by atoms with Crippen LogP contribution in [0.1, 0.15) is 69.8 Å². The molecule has 2 aliphatic rings. The average Bonchev–Trinajstić information content (AvgIpc) is 2.95. The molecular formula is C20H31BrClN. The lowest BCUT2D eigenvalue weighted by Crippen LogP contribution is -2.34. The molecule has 0 aromatic heterocycles. The van der Waals surface area contributed by atoms with Crippen LogP contribution in [-0.2, 0) is 0 Å². The van der Waals surface area contributed by atoms with E-state index in [-0.39, 0.29) is 12.4 Å². The monoisotopic (exact) mass is 399 g/mol. The van der Waals surface area contributed by atoms with Crippen LogP contribution in [-0.4, -0.2) is 24.0 Å². The molecule has 3 heteroatoms. The Bertz CT molecular complexity index is 472. The molecular weight excluding hydrogens is 370 g/mol. The Kier molecular flexibility index (Phi) is 7.91. The molecule has 0 N–H and O–H groups in total. The van der Waals surface area contributed by atoms with Crippen LogP contribution in [0.15, 0.2) is 28.7 Å². The van der Waals surface area contributed by atoms with Gasteiger partial charge in [0.1, 0.15) is 0 Å². The number of rotatable bonds is 5. The second-order valence-corrected chi connectivity index (χ2v) is 8.40. The zero-order valence-corrected chi connectivity index (χ0v) is 16.7. The summed E-state index contributed by atoms with van der Waals surface area (Å²) in [5, 5.41) is 0. The van der Waals surface area contributed by atoms with Crippen LogP contribution in [0.4, 0.5) is 0 Å². The standard InChI is InChI=1S/C20H30BrN.ClH/c1-16(18-9-5-10-19(21)14-18)15-22-12-6-11-20(22)13-17-7-3-2-4-8-17;/h5,9-10,14,16-17,20H,2-4,6-8,11-13,15H2,1H3;1H. The summed E-state index contributed by atoms with van der Waals surface area (Å²) in [7, 11) is 0. The third-order valence-corrected chi connectivity index (χ3v) is 6.25. The first-order valence-corrected chi connectivity index (χ1v) is 10.0. The van der Waals surface area contributed by atoms with Gasteiger partial charge in [0.05, 0.1) is 0 Å². The van der Waals surface area contributed by atoms with Crippen molar-refractivity contribution in [1.82, 2.24) is 4.90 Å². The molecule has 130 valence electrons. The van der Waals surface area contributed by atoms with Crippen molar-refractivity contribution in [2.75, 3.05) is 13.1 Å². The summed E-state index contributed by atoms with van der Waals surface area (Å²) in [5.41, 5.74) is 1.47. The molecule has 1 saturated heterocycles. The van der Waals surface area contributed by atoms with E-state index in [1.807, 2.05) is 0 Å². The molecule has 23 heavy (non-hydrogen) atoms. The second kappa shape index (κ2) is 9.44. The van der Waals surface area contributed by atoms with Gasteiger partial charge in [-0.1, -0.05) is 67.1 Å². The van der Waals surface area contributed by atoms with Crippen molar-refractivity contribution in [3.63, 3.8) is 0 Å². The summed E-state index contributed by atoms with van der Waals surface area (Å²) in [6.45, 7) is 4.93. The molecule has 1 saturated carbocycles. The van der Waals surface area contributed by atoms with Crippen molar-refractivity contribution in [3.05, 3.63) is 34.3 Å². The van der Waals surface area contributed by atoms with Gasteiger partial charge in [-0.3, -0.25) is 4.90 Å². The third kappa shape index (κ3) is 5.47. The van der Waals surface area contributed by atoms with E-state index in [9.17, 15) is 0 Å². The summed E-state index contributed by atoms with van der Waals surface area (Å²) in [4.78, 5) is 2.79. The van der Waals surface area contributed by atoms with Gasteiger partial charge in [0.2, 0.25) is 0 Å². The second-order valence-electron chi connectivity index (χ2n) is 7.49. The summed E-state index contributed by atoms with van der Waals surface area (Å²) >= 11 is 3.61. The van der Waals surface area contributed by atoms with Gasteiger partial charge in [-0.25, -0.2) is 0 Å². The minimum Gasteiger partial charge on any atom is -0.300 e. The largest absolute Gasteiger partial charge is 0.300 e. The minimum atomic E-state index is 0. The fourth-order valence-corrected chi connectivity index (χ4v) is 4.90. The minimum absolute atomic E-state index is 0. The zero-order valence-electron chi connectivity index (χ0n) is 14.3. The lowest BCUT2D eigenvalue weighted by molar-refractivity contribution is 0.192. The molecule has 0 spiro atoms. The first-order chi connectivity index (χ1) is 10.7. The van der Waals surface area contributed by atoms with Gasteiger partial charge >= 0.3 is 0 Å². The van der Waals surface area contributed by atoms with E-state index in [0.29, 0.717) is 5.92 Å². The molecule has 3 rings (SSSR count). The normalized spacial score (nSPS) is 24.3. The van der Waals surface area contributed by atoms with E-state index in [2.05, 4.69) is 52.0 Å². The highest BCUT2D eigenvalue weighted by atomic mass is 79.9. The molecule has 2 atom stereocenters. The third-order valence-electron chi connectivity index (χ3n) is 5.76. The molecule has 1 aliphatic carbocycles. The summed E-state index contributed by atoms with van der Waals surface area (Å²) in [5.74, 6) is 1.64. The summed E-state index contributed by atoms with van der Waals surface area (Å²) < 4.78 is 1.21. The van der Waals surface area contributed by atoms with Crippen molar-refractivity contribution in [3.8, 4) is 0 Å². The van der Waals surface area contributed by atoms with Crippen molar-refractivity contribution in [2.24, 2.45) is 5.92 Å². The fraction of sp³-hybridized carbons (Fsp3) is 0.700. The van der Waals surface area contributed by atoms with E-state index in [0.717, 1.165) is 12.0 Å². The highest BCUT2D eigenvalue weighted by Gasteiger charge is 2.28. The first-order valence-electron chi connectivity index (χ1n) is 9.22. The van der Waals surface area contributed by atoms with Crippen LogP contribution >= 0.6 is 28.3 Å². The molecule has 2 unspecified atom stereocenters. The van der Waals surface area contributed by atoms with Crippen molar-refractivity contribution in [1.29, 1.82) is 0 Å². The van der Waals surface area contributed by atoms with Gasteiger partial charge in [0.25, 0.3) is 0 Å². The number of likely N-dealkylation sites (tertiary alicyclic amines) is 1. The maximum Gasteiger partial charge on any atom is 0.0178 e. The summed E-state index contributed by atoms with van der Waals surface area (Å²) in [6, 6.07) is 9.72. The molecule has 0 amide bonds. The Balaban J connectivity index is 0.00000192. The smallest absolute Gasteiger partial charge is 0.0178 e. The number of hydrogen-bond donors (Lipinski definition) is 0. The number of benzene rings is 1. The maximum absolute atomic E-state index is 3.61. The number of halogens is 2. The van der Waals surface area contributed by atoms with E-state index < -0.39 is 0 Å². The predicted octanol–water partition coefficient (Wildman–Crippen LogP) is 6.41.